The number of benzene rings is 1. The number of rotatable bonds is 5. The van der Waals surface area contributed by atoms with E-state index >= 15 is 0 Å². The van der Waals surface area contributed by atoms with Crippen LogP contribution in [-0.4, -0.2) is 63.1 Å². The minimum atomic E-state index is -0.846. The van der Waals surface area contributed by atoms with Gasteiger partial charge in [0.05, 0.1) is 23.8 Å². The van der Waals surface area contributed by atoms with Gasteiger partial charge in [-0.05, 0) is 32.0 Å². The van der Waals surface area contributed by atoms with Gasteiger partial charge in [-0.15, -0.1) is 0 Å². The highest BCUT2D eigenvalue weighted by Gasteiger charge is 2.25. The summed E-state index contributed by atoms with van der Waals surface area (Å²) in [5, 5.41) is 9.03. The van der Waals surface area contributed by atoms with Crippen molar-refractivity contribution >= 4 is 12.0 Å². The van der Waals surface area contributed by atoms with Crippen molar-refractivity contribution in [2.45, 2.75) is 25.4 Å². The summed E-state index contributed by atoms with van der Waals surface area (Å²) in [5.74, 6) is -0.458. The number of carbonyl (C=O) groups is 2. The molecule has 1 aromatic heterocycles. The van der Waals surface area contributed by atoms with E-state index in [9.17, 15) is 9.59 Å². The second kappa shape index (κ2) is 8.13. The van der Waals surface area contributed by atoms with E-state index in [4.69, 9.17) is 10.8 Å². The molecule has 2 amide bonds. The number of nitrogens with two attached hydrogens (primary N) is 1. The number of likely N-dealkylation sites (tertiary alicyclic amines) is 1. The molecule has 0 unspecified atom stereocenters. The summed E-state index contributed by atoms with van der Waals surface area (Å²) >= 11 is 0. The highest BCUT2D eigenvalue weighted by Crippen LogP contribution is 2.19. The molecule has 0 aliphatic carbocycles. The molecule has 1 saturated heterocycles. The highest BCUT2D eigenvalue weighted by atomic mass is 16.4. The zero-order valence-electron chi connectivity index (χ0n) is 15.2. The molecular weight excluding hydrogens is 346 g/mol. The Bertz CT molecular complexity index is 799. The molecular formula is C19H23N5O3. The molecule has 0 radical (unpaired) electrons. The Morgan fingerprint density at radius 1 is 1.19 bits per heavy atom. The van der Waals surface area contributed by atoms with Crippen molar-refractivity contribution < 1.29 is 14.7 Å². The number of primary amides is 1. The average molecular weight is 369 g/mol. The second-order valence-corrected chi connectivity index (χ2v) is 6.75. The monoisotopic (exact) mass is 369 g/mol. The SMILES string of the molecule is CN(Cc1cnc(-c2ccc(C(N)=O)cc2)cn1)C1CCN(C(=O)O)CC1. The fraction of sp³-hybridized carbons (Fsp3) is 0.368. The van der Waals surface area contributed by atoms with Crippen LogP contribution in [0.3, 0.4) is 0 Å². The third kappa shape index (κ3) is 4.59. The molecule has 3 rings (SSSR count). The minimum absolute atomic E-state index is 0.337. The maximum Gasteiger partial charge on any atom is 0.407 e. The first-order valence-electron chi connectivity index (χ1n) is 8.83. The Morgan fingerprint density at radius 3 is 2.37 bits per heavy atom. The van der Waals surface area contributed by atoms with Crippen LogP contribution in [0.1, 0.15) is 28.9 Å². The molecule has 2 heterocycles. The second-order valence-electron chi connectivity index (χ2n) is 6.75. The molecule has 8 heteroatoms. The molecule has 1 aliphatic heterocycles. The van der Waals surface area contributed by atoms with Crippen LogP contribution in [-0.2, 0) is 6.54 Å². The number of aromatic nitrogens is 2. The lowest BCUT2D eigenvalue weighted by atomic mass is 10.0. The summed E-state index contributed by atoms with van der Waals surface area (Å²) in [5.41, 5.74) is 8.16. The minimum Gasteiger partial charge on any atom is -0.465 e. The highest BCUT2D eigenvalue weighted by molar-refractivity contribution is 5.93. The van der Waals surface area contributed by atoms with Crippen LogP contribution < -0.4 is 5.73 Å². The van der Waals surface area contributed by atoms with Crippen molar-refractivity contribution in [1.29, 1.82) is 0 Å². The molecule has 0 atom stereocenters. The Hall–Kier alpha value is -3.00. The van der Waals surface area contributed by atoms with E-state index in [1.54, 1.807) is 36.7 Å². The molecule has 1 aromatic carbocycles. The van der Waals surface area contributed by atoms with Gasteiger partial charge in [-0.25, -0.2) is 4.79 Å². The summed E-state index contributed by atoms with van der Waals surface area (Å²) < 4.78 is 0. The average Bonchev–Trinajstić information content (AvgIpc) is 2.68. The van der Waals surface area contributed by atoms with Crippen molar-refractivity contribution in [2.24, 2.45) is 5.73 Å². The maximum atomic E-state index is 11.1. The van der Waals surface area contributed by atoms with Gasteiger partial charge < -0.3 is 15.7 Å². The normalized spacial score (nSPS) is 15.1. The van der Waals surface area contributed by atoms with E-state index < -0.39 is 12.0 Å². The van der Waals surface area contributed by atoms with Gasteiger partial charge in [0, 0.05) is 36.8 Å². The summed E-state index contributed by atoms with van der Waals surface area (Å²) in [7, 11) is 2.03. The number of nitrogens with zero attached hydrogens (tertiary/aromatic N) is 4. The Labute approximate surface area is 157 Å². The van der Waals surface area contributed by atoms with E-state index in [1.807, 2.05) is 7.05 Å². The summed E-state index contributed by atoms with van der Waals surface area (Å²) in [6, 6.07) is 7.27. The molecule has 8 nitrogen and oxygen atoms in total. The van der Waals surface area contributed by atoms with Crippen LogP contribution in [0.15, 0.2) is 36.7 Å². The standard InChI is InChI=1S/C19H23N5O3/c1-23(16-6-8-24(9-7-16)19(26)27)12-15-10-22-17(11-21-15)13-2-4-14(5-3-13)18(20)25/h2-5,10-11,16H,6-9,12H2,1H3,(H2,20,25)(H,26,27). The zero-order chi connectivity index (χ0) is 19.4. The van der Waals surface area contributed by atoms with Gasteiger partial charge in [-0.3, -0.25) is 19.7 Å². The third-order valence-electron chi connectivity index (χ3n) is 4.94. The summed E-state index contributed by atoms with van der Waals surface area (Å²) in [6.45, 7) is 1.79. The fourth-order valence-corrected chi connectivity index (χ4v) is 3.27. The lowest BCUT2D eigenvalue weighted by molar-refractivity contribution is 0.0998. The van der Waals surface area contributed by atoms with E-state index in [0.29, 0.717) is 31.2 Å². The number of hydrogen-bond donors (Lipinski definition) is 2. The van der Waals surface area contributed by atoms with Gasteiger partial charge in [-0.1, -0.05) is 12.1 Å². The first-order valence-corrected chi connectivity index (χ1v) is 8.83. The molecule has 3 N–H and O–H groups in total. The predicted molar refractivity (Wildman–Crippen MR) is 100 cm³/mol. The van der Waals surface area contributed by atoms with Crippen molar-refractivity contribution in [3.63, 3.8) is 0 Å². The van der Waals surface area contributed by atoms with Gasteiger partial charge >= 0.3 is 6.09 Å². The van der Waals surface area contributed by atoms with Crippen LogP contribution in [0, 0.1) is 0 Å². The smallest absolute Gasteiger partial charge is 0.407 e. The van der Waals surface area contributed by atoms with E-state index in [-0.39, 0.29) is 0 Å². The fourth-order valence-electron chi connectivity index (χ4n) is 3.27. The quantitative estimate of drug-likeness (QED) is 0.831. The first-order chi connectivity index (χ1) is 12.9. The molecule has 2 aromatic rings. The van der Waals surface area contributed by atoms with Crippen molar-refractivity contribution in [1.82, 2.24) is 19.8 Å². The van der Waals surface area contributed by atoms with Crippen molar-refractivity contribution in [2.75, 3.05) is 20.1 Å². The van der Waals surface area contributed by atoms with Crippen molar-refractivity contribution in [3.05, 3.63) is 47.9 Å². The van der Waals surface area contributed by atoms with E-state index in [2.05, 4.69) is 14.9 Å². The van der Waals surface area contributed by atoms with Crippen LogP contribution in [0.5, 0.6) is 0 Å². The van der Waals surface area contributed by atoms with E-state index in [1.165, 1.54) is 4.90 Å². The largest absolute Gasteiger partial charge is 0.465 e. The van der Waals surface area contributed by atoms with Crippen LogP contribution in [0.4, 0.5) is 4.79 Å². The predicted octanol–water partition coefficient (Wildman–Crippen LogP) is 1.82. The van der Waals surface area contributed by atoms with Gasteiger partial charge in [0.15, 0.2) is 0 Å². The molecule has 0 spiro atoms. The van der Waals surface area contributed by atoms with Crippen LogP contribution >= 0.6 is 0 Å². The third-order valence-corrected chi connectivity index (χ3v) is 4.94. The van der Waals surface area contributed by atoms with Gasteiger partial charge in [0.25, 0.3) is 0 Å². The number of hydrogen-bond acceptors (Lipinski definition) is 5. The van der Waals surface area contributed by atoms with E-state index in [0.717, 1.165) is 29.8 Å². The Kier molecular flexibility index (Phi) is 5.66. The molecule has 142 valence electrons. The van der Waals surface area contributed by atoms with Gasteiger partial charge in [-0.2, -0.15) is 0 Å². The Balaban J connectivity index is 1.59. The summed E-state index contributed by atoms with van der Waals surface area (Å²) in [6.07, 6.45) is 4.26. The topological polar surface area (TPSA) is 113 Å². The molecule has 0 saturated carbocycles. The lowest BCUT2D eigenvalue weighted by Crippen LogP contribution is -2.44. The number of carboxylic acid groups (broad SMARTS) is 1. The maximum absolute atomic E-state index is 11.1. The first kappa shape index (κ1) is 18.8. The lowest BCUT2D eigenvalue weighted by Gasteiger charge is -2.35. The Morgan fingerprint density at radius 2 is 1.85 bits per heavy atom. The van der Waals surface area contributed by atoms with Crippen molar-refractivity contribution in [3.8, 4) is 11.3 Å². The number of amides is 2. The summed E-state index contributed by atoms with van der Waals surface area (Å²) in [4.78, 5) is 34.7. The van der Waals surface area contributed by atoms with Crippen LogP contribution in [0.2, 0.25) is 0 Å². The van der Waals surface area contributed by atoms with Crippen LogP contribution in [0.25, 0.3) is 11.3 Å². The molecule has 0 bridgehead atoms. The number of carbonyl (C=O) groups excluding carboxylic acids is 1. The zero-order valence-corrected chi connectivity index (χ0v) is 15.2. The molecule has 1 fully saturated rings. The number of piperidine rings is 1. The molecule has 27 heavy (non-hydrogen) atoms. The van der Waals surface area contributed by atoms with Gasteiger partial charge in [0.1, 0.15) is 0 Å². The molecule has 1 aliphatic rings. The van der Waals surface area contributed by atoms with Gasteiger partial charge in [0.2, 0.25) is 5.91 Å².